The minimum atomic E-state index is 0.431. The van der Waals surface area contributed by atoms with Gasteiger partial charge in [0.05, 0.1) is 12.7 Å². The molecule has 0 spiro atoms. The van der Waals surface area contributed by atoms with E-state index in [1.807, 2.05) is 0 Å². The predicted octanol–water partition coefficient (Wildman–Crippen LogP) is 2.94. The van der Waals surface area contributed by atoms with Gasteiger partial charge >= 0.3 is 0 Å². The van der Waals surface area contributed by atoms with Crippen molar-refractivity contribution in [3.63, 3.8) is 0 Å². The molecule has 1 aliphatic heterocycles. The highest BCUT2D eigenvalue weighted by atomic mass is 16.5. The summed E-state index contributed by atoms with van der Waals surface area (Å²) in [6, 6.07) is 0.718. The van der Waals surface area contributed by atoms with E-state index in [4.69, 9.17) is 4.74 Å². The highest BCUT2D eigenvalue weighted by Crippen LogP contribution is 2.33. The Hall–Kier alpha value is -0.120. The van der Waals surface area contributed by atoms with Crippen LogP contribution in [0.25, 0.3) is 0 Å². The van der Waals surface area contributed by atoms with Crippen LogP contribution in [-0.2, 0) is 4.74 Å². The molecule has 1 saturated heterocycles. The van der Waals surface area contributed by atoms with Gasteiger partial charge in [-0.1, -0.05) is 32.1 Å². The summed E-state index contributed by atoms with van der Waals surface area (Å²) in [6.45, 7) is 3.38. The Bertz CT molecular complexity index is 299. The van der Waals surface area contributed by atoms with Crippen LogP contribution in [0.15, 0.2) is 0 Å². The van der Waals surface area contributed by atoms with Gasteiger partial charge in [-0.3, -0.25) is 4.90 Å². The highest BCUT2D eigenvalue weighted by Gasteiger charge is 2.36. The van der Waals surface area contributed by atoms with Crippen molar-refractivity contribution in [1.29, 1.82) is 0 Å². The molecule has 116 valence electrons. The van der Waals surface area contributed by atoms with Gasteiger partial charge in [0.15, 0.2) is 0 Å². The zero-order chi connectivity index (χ0) is 13.8. The first-order chi connectivity index (χ1) is 9.83. The third-order valence-corrected chi connectivity index (χ3v) is 6.07. The number of rotatable bonds is 4. The van der Waals surface area contributed by atoms with Gasteiger partial charge in [0.2, 0.25) is 0 Å². The van der Waals surface area contributed by atoms with Crippen molar-refractivity contribution in [2.45, 2.75) is 81.9 Å². The molecule has 3 aliphatic rings. The van der Waals surface area contributed by atoms with Crippen molar-refractivity contribution in [3.05, 3.63) is 0 Å². The molecular formula is C17H32N2O. The van der Waals surface area contributed by atoms with E-state index >= 15 is 0 Å². The Balaban J connectivity index is 1.56. The van der Waals surface area contributed by atoms with Crippen LogP contribution in [0.1, 0.15) is 64.2 Å². The zero-order valence-corrected chi connectivity index (χ0v) is 13.2. The fraction of sp³-hybridized carbons (Fsp3) is 1.00. The van der Waals surface area contributed by atoms with Crippen molar-refractivity contribution in [2.75, 3.05) is 26.7 Å². The lowest BCUT2D eigenvalue weighted by Crippen LogP contribution is -2.55. The third-order valence-electron chi connectivity index (χ3n) is 6.07. The summed E-state index contributed by atoms with van der Waals surface area (Å²) in [5.41, 5.74) is 0.431. The summed E-state index contributed by atoms with van der Waals surface area (Å²) in [6.07, 6.45) is 14.3. The van der Waals surface area contributed by atoms with Crippen molar-refractivity contribution in [3.8, 4) is 0 Å². The molecule has 2 unspecified atom stereocenters. The van der Waals surface area contributed by atoms with E-state index in [1.54, 1.807) is 0 Å². The molecule has 3 nitrogen and oxygen atoms in total. The van der Waals surface area contributed by atoms with Crippen molar-refractivity contribution in [2.24, 2.45) is 0 Å². The largest absolute Gasteiger partial charge is 0.375 e. The maximum Gasteiger partial charge on any atom is 0.0730 e. The molecule has 0 aromatic carbocycles. The smallest absolute Gasteiger partial charge is 0.0730 e. The van der Waals surface area contributed by atoms with Crippen LogP contribution in [-0.4, -0.2) is 49.3 Å². The van der Waals surface area contributed by atoms with E-state index in [0.29, 0.717) is 11.6 Å². The number of morpholine rings is 1. The molecule has 3 fully saturated rings. The Kier molecular flexibility index (Phi) is 5.00. The molecule has 20 heavy (non-hydrogen) atoms. The topological polar surface area (TPSA) is 24.5 Å². The molecular weight excluding hydrogens is 248 g/mol. The fourth-order valence-corrected chi connectivity index (χ4v) is 4.67. The Morgan fingerprint density at radius 1 is 1.10 bits per heavy atom. The molecule has 1 N–H and O–H groups in total. The predicted molar refractivity (Wildman–Crippen MR) is 83.1 cm³/mol. The molecule has 2 saturated carbocycles. The Morgan fingerprint density at radius 2 is 1.90 bits per heavy atom. The number of hydrogen-bond acceptors (Lipinski definition) is 3. The highest BCUT2D eigenvalue weighted by molar-refractivity contribution is 4.93. The summed E-state index contributed by atoms with van der Waals surface area (Å²) >= 11 is 0. The first-order valence-corrected chi connectivity index (χ1v) is 8.88. The van der Waals surface area contributed by atoms with Crippen LogP contribution < -0.4 is 5.32 Å². The second kappa shape index (κ2) is 6.76. The molecule has 1 heterocycles. The molecule has 0 aromatic heterocycles. The molecule has 0 aromatic rings. The van der Waals surface area contributed by atoms with E-state index in [9.17, 15) is 0 Å². The van der Waals surface area contributed by atoms with Crippen LogP contribution in [0.2, 0.25) is 0 Å². The van der Waals surface area contributed by atoms with Crippen LogP contribution >= 0.6 is 0 Å². The van der Waals surface area contributed by atoms with Crippen LogP contribution in [0.4, 0.5) is 0 Å². The summed E-state index contributed by atoms with van der Waals surface area (Å²) in [7, 11) is 2.17. The van der Waals surface area contributed by atoms with Crippen LogP contribution in [0.5, 0.6) is 0 Å². The van der Waals surface area contributed by atoms with E-state index in [-0.39, 0.29) is 0 Å². The zero-order valence-electron chi connectivity index (χ0n) is 13.2. The summed E-state index contributed by atoms with van der Waals surface area (Å²) < 4.78 is 6.00. The molecule has 2 atom stereocenters. The van der Waals surface area contributed by atoms with Gasteiger partial charge in [0.1, 0.15) is 0 Å². The number of ether oxygens (including phenoxy) is 1. The second-order valence-electron chi connectivity index (χ2n) is 7.14. The van der Waals surface area contributed by atoms with Gasteiger partial charge in [0, 0.05) is 24.7 Å². The number of nitrogens with one attached hydrogen (secondary N) is 1. The summed E-state index contributed by atoms with van der Waals surface area (Å²) in [5.74, 6) is 0. The van der Waals surface area contributed by atoms with Gasteiger partial charge < -0.3 is 10.1 Å². The second-order valence-corrected chi connectivity index (χ2v) is 7.14. The minimum Gasteiger partial charge on any atom is -0.375 e. The van der Waals surface area contributed by atoms with Crippen LogP contribution in [0, 0.1) is 0 Å². The monoisotopic (exact) mass is 280 g/mol. The quantitative estimate of drug-likeness (QED) is 0.857. The normalized spacial score (nSPS) is 34.6. The van der Waals surface area contributed by atoms with Crippen molar-refractivity contribution in [1.82, 2.24) is 10.2 Å². The van der Waals surface area contributed by atoms with Crippen molar-refractivity contribution >= 4 is 0 Å². The van der Waals surface area contributed by atoms with Gasteiger partial charge in [-0.2, -0.15) is 0 Å². The molecule has 3 rings (SSSR count). The maximum atomic E-state index is 6.00. The lowest BCUT2D eigenvalue weighted by Gasteiger charge is -2.46. The fourth-order valence-electron chi connectivity index (χ4n) is 4.67. The summed E-state index contributed by atoms with van der Waals surface area (Å²) in [4.78, 5) is 2.75. The first-order valence-electron chi connectivity index (χ1n) is 8.88. The molecule has 3 heteroatoms. The minimum absolute atomic E-state index is 0.431. The third kappa shape index (κ3) is 3.20. The lowest BCUT2D eigenvalue weighted by atomic mass is 9.79. The maximum absolute atomic E-state index is 6.00. The van der Waals surface area contributed by atoms with E-state index < -0.39 is 0 Å². The SMILES string of the molecule is CNC1(CCN2CCOC3CCCCC32)CCCCC1. The average Bonchev–Trinajstić information content (AvgIpc) is 2.54. The van der Waals surface area contributed by atoms with Gasteiger partial charge in [-0.15, -0.1) is 0 Å². The van der Waals surface area contributed by atoms with Gasteiger partial charge in [0.25, 0.3) is 0 Å². The van der Waals surface area contributed by atoms with E-state index in [2.05, 4.69) is 17.3 Å². The average molecular weight is 280 g/mol. The van der Waals surface area contributed by atoms with Crippen LogP contribution in [0.3, 0.4) is 0 Å². The first kappa shape index (κ1) is 14.8. The number of nitrogens with zero attached hydrogens (tertiary/aromatic N) is 1. The lowest BCUT2D eigenvalue weighted by molar-refractivity contribution is -0.0901. The molecule has 0 amide bonds. The molecule has 2 aliphatic carbocycles. The summed E-state index contributed by atoms with van der Waals surface area (Å²) in [5, 5.41) is 3.67. The Morgan fingerprint density at radius 3 is 2.70 bits per heavy atom. The van der Waals surface area contributed by atoms with E-state index in [1.165, 1.54) is 70.8 Å². The van der Waals surface area contributed by atoms with Gasteiger partial charge in [-0.05, 0) is 39.2 Å². The van der Waals surface area contributed by atoms with Crippen molar-refractivity contribution < 1.29 is 4.74 Å². The molecule has 0 radical (unpaired) electrons. The molecule has 0 bridgehead atoms. The Labute approximate surface area is 124 Å². The standard InChI is InChI=1S/C17H32N2O/c1-18-17(9-5-2-6-10-17)11-12-19-13-14-20-16-8-4-3-7-15(16)19/h15-16,18H,2-14H2,1H3. The number of hydrogen-bond donors (Lipinski definition) is 1. The number of fused-ring (bicyclic) bond motifs is 1. The van der Waals surface area contributed by atoms with Gasteiger partial charge in [-0.25, -0.2) is 0 Å². The van der Waals surface area contributed by atoms with E-state index in [0.717, 1.165) is 19.2 Å².